The van der Waals surface area contributed by atoms with E-state index in [1.54, 1.807) is 36.4 Å². The fourth-order valence-electron chi connectivity index (χ4n) is 3.23. The van der Waals surface area contributed by atoms with Gasteiger partial charge in [-0.1, -0.05) is 35.3 Å². The lowest BCUT2D eigenvalue weighted by Gasteiger charge is -2.26. The minimum absolute atomic E-state index is 0.111. The Hall–Kier alpha value is -4.21. The van der Waals surface area contributed by atoms with E-state index in [9.17, 15) is 23.6 Å². The van der Waals surface area contributed by atoms with Crippen LogP contribution in [0.1, 0.15) is 5.56 Å². The number of carbonyl (C=O) groups excluding carboxylic acids is 4. The zero-order valence-corrected chi connectivity index (χ0v) is 19.8. The summed E-state index contributed by atoms with van der Waals surface area (Å²) >= 11 is 11.8. The van der Waals surface area contributed by atoms with Crippen molar-refractivity contribution in [3.63, 3.8) is 0 Å². The van der Waals surface area contributed by atoms with Crippen molar-refractivity contribution in [2.45, 2.75) is 0 Å². The molecular weight excluding hydrogens is 512 g/mol. The summed E-state index contributed by atoms with van der Waals surface area (Å²) in [6.07, 6.45) is 1.31. The number of hydrogen-bond donors (Lipinski definition) is 2. The topological polar surface area (TPSA) is 105 Å². The van der Waals surface area contributed by atoms with Crippen LogP contribution in [0.3, 0.4) is 0 Å². The Morgan fingerprint density at radius 1 is 0.972 bits per heavy atom. The number of urea groups is 1. The van der Waals surface area contributed by atoms with Gasteiger partial charge in [0.1, 0.15) is 17.1 Å². The van der Waals surface area contributed by atoms with E-state index in [0.29, 0.717) is 27.0 Å². The maximum absolute atomic E-state index is 13.2. The Morgan fingerprint density at radius 3 is 2.33 bits per heavy atom. The van der Waals surface area contributed by atoms with Crippen LogP contribution in [0.4, 0.5) is 20.6 Å². The molecule has 0 unspecified atom stereocenters. The Bertz CT molecular complexity index is 1390. The zero-order valence-electron chi connectivity index (χ0n) is 18.3. The molecule has 2 N–H and O–H groups in total. The first-order valence-electron chi connectivity index (χ1n) is 10.4. The molecule has 0 aromatic heterocycles. The second kappa shape index (κ2) is 10.6. The van der Waals surface area contributed by atoms with Gasteiger partial charge in [0.2, 0.25) is 0 Å². The van der Waals surface area contributed by atoms with Gasteiger partial charge in [0.15, 0.2) is 6.61 Å². The smallest absolute Gasteiger partial charge is 0.335 e. The predicted octanol–water partition coefficient (Wildman–Crippen LogP) is 4.82. The Kier molecular flexibility index (Phi) is 7.33. The van der Waals surface area contributed by atoms with E-state index in [0.717, 1.165) is 17.0 Å². The number of nitrogens with one attached hydrogen (secondary N) is 2. The number of ether oxygens (including phenoxy) is 1. The lowest BCUT2D eigenvalue weighted by Crippen LogP contribution is -2.54. The summed E-state index contributed by atoms with van der Waals surface area (Å²) in [7, 11) is 0. The highest BCUT2D eigenvalue weighted by Gasteiger charge is 2.36. The minimum atomic E-state index is -0.934. The summed E-state index contributed by atoms with van der Waals surface area (Å²) < 4.78 is 18.7. The van der Waals surface area contributed by atoms with Crippen molar-refractivity contribution in [2.24, 2.45) is 0 Å². The summed E-state index contributed by atoms with van der Waals surface area (Å²) in [4.78, 5) is 50.2. The van der Waals surface area contributed by atoms with Gasteiger partial charge < -0.3 is 10.1 Å². The summed E-state index contributed by atoms with van der Waals surface area (Å²) in [5, 5.41) is 5.39. The molecule has 0 spiro atoms. The first kappa shape index (κ1) is 24.9. The minimum Gasteiger partial charge on any atom is -0.484 e. The van der Waals surface area contributed by atoms with Crippen molar-refractivity contribution in [1.82, 2.24) is 5.32 Å². The van der Waals surface area contributed by atoms with Gasteiger partial charge in [-0.15, -0.1) is 0 Å². The first-order valence-corrected chi connectivity index (χ1v) is 11.1. The maximum atomic E-state index is 13.2. The van der Waals surface area contributed by atoms with Gasteiger partial charge in [0.25, 0.3) is 17.7 Å². The molecule has 1 fully saturated rings. The number of anilines is 2. The van der Waals surface area contributed by atoms with E-state index in [2.05, 4.69) is 10.6 Å². The van der Waals surface area contributed by atoms with Gasteiger partial charge in [-0.05, 0) is 66.2 Å². The number of carbonyl (C=O) groups is 4. The Labute approximate surface area is 214 Å². The van der Waals surface area contributed by atoms with Gasteiger partial charge in [-0.3, -0.25) is 19.7 Å². The molecule has 0 radical (unpaired) electrons. The summed E-state index contributed by atoms with van der Waals surface area (Å²) in [6, 6.07) is 14.7. The van der Waals surface area contributed by atoms with Gasteiger partial charge in [-0.2, -0.15) is 0 Å². The highest BCUT2D eigenvalue weighted by molar-refractivity contribution is 6.42. The molecule has 36 heavy (non-hydrogen) atoms. The number of hydrogen-bond acceptors (Lipinski definition) is 5. The van der Waals surface area contributed by atoms with Crippen molar-refractivity contribution in [2.75, 3.05) is 16.8 Å². The average Bonchev–Trinajstić information content (AvgIpc) is 2.84. The molecule has 1 saturated heterocycles. The number of imide groups is 2. The second-order valence-electron chi connectivity index (χ2n) is 7.47. The maximum Gasteiger partial charge on any atom is 0.335 e. The molecule has 0 bridgehead atoms. The molecule has 5 amide bonds. The third-order valence-electron chi connectivity index (χ3n) is 4.95. The Balaban J connectivity index is 1.42. The van der Waals surface area contributed by atoms with Crippen LogP contribution in [0.2, 0.25) is 10.0 Å². The van der Waals surface area contributed by atoms with E-state index in [1.807, 2.05) is 0 Å². The molecule has 11 heteroatoms. The summed E-state index contributed by atoms with van der Waals surface area (Å²) in [5.41, 5.74) is 0.756. The highest BCUT2D eigenvalue weighted by atomic mass is 35.5. The van der Waals surface area contributed by atoms with Crippen LogP contribution in [-0.4, -0.2) is 30.4 Å². The van der Waals surface area contributed by atoms with Crippen LogP contribution in [0, 0.1) is 5.82 Å². The molecule has 0 aliphatic carbocycles. The van der Waals surface area contributed by atoms with E-state index in [-0.39, 0.29) is 17.9 Å². The molecule has 3 aromatic rings. The molecular formula is C25H16Cl2FN3O5. The first-order chi connectivity index (χ1) is 17.2. The Morgan fingerprint density at radius 2 is 1.67 bits per heavy atom. The largest absolute Gasteiger partial charge is 0.484 e. The van der Waals surface area contributed by atoms with E-state index >= 15 is 0 Å². The SMILES string of the molecule is O=C(COc1ccc(/C=C2\C(=O)NC(=O)N(c3ccc(F)cc3)C2=O)cc1)Nc1ccc(Cl)c(Cl)c1. The van der Waals surface area contributed by atoms with Crippen LogP contribution < -0.4 is 20.3 Å². The molecule has 0 saturated carbocycles. The predicted molar refractivity (Wildman–Crippen MR) is 132 cm³/mol. The van der Waals surface area contributed by atoms with Crippen molar-refractivity contribution >= 4 is 64.4 Å². The van der Waals surface area contributed by atoms with Gasteiger partial charge in [0, 0.05) is 5.69 Å². The highest BCUT2D eigenvalue weighted by Crippen LogP contribution is 2.25. The summed E-state index contributed by atoms with van der Waals surface area (Å²) in [6.45, 7) is -0.281. The van der Waals surface area contributed by atoms with Gasteiger partial charge >= 0.3 is 6.03 Å². The van der Waals surface area contributed by atoms with Crippen molar-refractivity contribution < 1.29 is 28.3 Å². The van der Waals surface area contributed by atoms with E-state index in [1.165, 1.54) is 24.3 Å². The van der Waals surface area contributed by atoms with Crippen LogP contribution in [0.5, 0.6) is 5.75 Å². The zero-order chi connectivity index (χ0) is 25.8. The number of barbiturate groups is 1. The fraction of sp³-hybridized carbons (Fsp3) is 0.0400. The lowest BCUT2D eigenvalue weighted by atomic mass is 10.1. The number of amides is 5. The second-order valence-corrected chi connectivity index (χ2v) is 8.28. The monoisotopic (exact) mass is 527 g/mol. The number of halogens is 3. The summed E-state index contributed by atoms with van der Waals surface area (Å²) in [5.74, 6) is -2.31. The van der Waals surface area contributed by atoms with Crippen molar-refractivity contribution in [3.05, 3.63) is 93.7 Å². The van der Waals surface area contributed by atoms with Crippen molar-refractivity contribution in [3.8, 4) is 5.75 Å². The number of rotatable bonds is 6. The van der Waals surface area contributed by atoms with Gasteiger partial charge in [0.05, 0.1) is 15.7 Å². The van der Waals surface area contributed by atoms with E-state index in [4.69, 9.17) is 27.9 Å². The molecule has 3 aromatic carbocycles. The standard InChI is InChI=1S/C25H16Cl2FN3O5/c26-20-10-5-16(12-21(20)27)29-22(32)13-36-18-8-1-14(2-9-18)11-19-23(33)30-25(35)31(24(19)34)17-6-3-15(28)4-7-17/h1-12H,13H2,(H,29,32)(H,30,33,35)/b19-11+. The van der Waals surface area contributed by atoms with Gasteiger partial charge in [-0.25, -0.2) is 14.1 Å². The normalized spacial score (nSPS) is 14.6. The third-order valence-corrected chi connectivity index (χ3v) is 5.69. The van der Waals surface area contributed by atoms with Crippen molar-refractivity contribution in [1.29, 1.82) is 0 Å². The molecule has 1 aliphatic heterocycles. The third kappa shape index (κ3) is 5.70. The molecule has 4 rings (SSSR count). The number of benzene rings is 3. The molecule has 1 aliphatic rings. The average molecular weight is 528 g/mol. The molecule has 182 valence electrons. The lowest BCUT2D eigenvalue weighted by molar-refractivity contribution is -0.122. The molecule has 0 atom stereocenters. The number of nitrogens with zero attached hydrogens (tertiary/aromatic N) is 1. The van der Waals surface area contributed by atoms with Crippen LogP contribution in [0.25, 0.3) is 6.08 Å². The quantitative estimate of drug-likeness (QED) is 0.353. The van der Waals surface area contributed by atoms with Crippen LogP contribution in [0.15, 0.2) is 72.3 Å². The van der Waals surface area contributed by atoms with Crippen LogP contribution >= 0.6 is 23.2 Å². The van der Waals surface area contributed by atoms with Crippen LogP contribution in [-0.2, 0) is 14.4 Å². The molecule has 1 heterocycles. The molecule has 8 nitrogen and oxygen atoms in total. The fourth-order valence-corrected chi connectivity index (χ4v) is 3.53. The van der Waals surface area contributed by atoms with E-state index < -0.39 is 29.6 Å².